The van der Waals surface area contributed by atoms with Gasteiger partial charge in [0.05, 0.1) is 13.0 Å². The zero-order valence-corrected chi connectivity index (χ0v) is 11.4. The average molecular weight is 242 g/mol. The number of nitrogens with zero attached hydrogens (tertiary/aromatic N) is 2. The highest BCUT2D eigenvalue weighted by Crippen LogP contribution is 2.17. The van der Waals surface area contributed by atoms with Crippen LogP contribution in [0.25, 0.3) is 0 Å². The predicted molar refractivity (Wildman–Crippen MR) is 69.0 cm³/mol. The smallest absolute Gasteiger partial charge is 0.307 e. The van der Waals surface area contributed by atoms with E-state index >= 15 is 0 Å². The molecule has 0 aliphatic carbocycles. The van der Waals surface area contributed by atoms with Crippen LogP contribution in [-0.4, -0.2) is 62.7 Å². The van der Waals surface area contributed by atoms with Gasteiger partial charge in [0.15, 0.2) is 0 Å². The highest BCUT2D eigenvalue weighted by molar-refractivity contribution is 5.69. The summed E-state index contributed by atoms with van der Waals surface area (Å²) in [5.74, 6) is 0.756. The summed E-state index contributed by atoms with van der Waals surface area (Å²) in [4.78, 5) is 15.9. The van der Waals surface area contributed by atoms with Gasteiger partial charge in [-0.3, -0.25) is 4.79 Å². The van der Waals surface area contributed by atoms with Crippen molar-refractivity contribution in [2.45, 2.75) is 26.2 Å². The van der Waals surface area contributed by atoms with Crippen molar-refractivity contribution in [2.75, 3.05) is 46.9 Å². The summed E-state index contributed by atoms with van der Waals surface area (Å²) in [5.41, 5.74) is 0. The summed E-state index contributed by atoms with van der Waals surface area (Å²) in [5, 5.41) is 0. The van der Waals surface area contributed by atoms with E-state index < -0.39 is 0 Å². The van der Waals surface area contributed by atoms with E-state index in [0.717, 1.165) is 25.6 Å². The summed E-state index contributed by atoms with van der Waals surface area (Å²) in [6.45, 7) is 6.63. The number of ether oxygens (including phenoxy) is 1. The molecule has 0 aromatic rings. The molecular weight excluding hydrogens is 216 g/mol. The second-order valence-electron chi connectivity index (χ2n) is 5.10. The number of rotatable bonds is 6. The minimum atomic E-state index is -0.0667. The van der Waals surface area contributed by atoms with E-state index in [0.29, 0.717) is 13.0 Å². The lowest BCUT2D eigenvalue weighted by Crippen LogP contribution is -2.38. The van der Waals surface area contributed by atoms with Crippen molar-refractivity contribution in [3.8, 4) is 0 Å². The molecule has 17 heavy (non-hydrogen) atoms. The SMILES string of the molecule is CCOC(=O)CCN1CCC(CN(C)C)CC1. The zero-order chi connectivity index (χ0) is 12.7. The van der Waals surface area contributed by atoms with Gasteiger partial charge in [0, 0.05) is 13.1 Å². The van der Waals surface area contributed by atoms with Crippen molar-refractivity contribution in [3.05, 3.63) is 0 Å². The third-order valence-corrected chi connectivity index (χ3v) is 3.27. The summed E-state index contributed by atoms with van der Waals surface area (Å²) >= 11 is 0. The number of hydrogen-bond acceptors (Lipinski definition) is 4. The lowest BCUT2D eigenvalue weighted by Gasteiger charge is -2.32. The molecule has 1 fully saturated rings. The van der Waals surface area contributed by atoms with Crippen molar-refractivity contribution >= 4 is 5.97 Å². The molecule has 0 amide bonds. The molecule has 0 spiro atoms. The molecule has 0 unspecified atom stereocenters. The van der Waals surface area contributed by atoms with E-state index in [2.05, 4.69) is 23.9 Å². The Kier molecular flexibility index (Phi) is 6.52. The Balaban J connectivity index is 2.12. The molecule has 0 aromatic heterocycles. The van der Waals surface area contributed by atoms with Crippen LogP contribution in [0.3, 0.4) is 0 Å². The predicted octanol–water partition coefficient (Wildman–Crippen LogP) is 1.21. The number of hydrogen-bond donors (Lipinski definition) is 0. The van der Waals surface area contributed by atoms with E-state index in [4.69, 9.17) is 4.74 Å². The molecular formula is C13H26N2O2. The maximum absolute atomic E-state index is 11.2. The van der Waals surface area contributed by atoms with Crippen molar-refractivity contribution in [1.29, 1.82) is 0 Å². The lowest BCUT2D eigenvalue weighted by molar-refractivity contribution is -0.143. The fourth-order valence-corrected chi connectivity index (χ4v) is 2.39. The first-order valence-corrected chi connectivity index (χ1v) is 6.64. The van der Waals surface area contributed by atoms with E-state index in [1.165, 1.54) is 19.4 Å². The van der Waals surface area contributed by atoms with Crippen LogP contribution in [-0.2, 0) is 9.53 Å². The Hall–Kier alpha value is -0.610. The minimum absolute atomic E-state index is 0.0667. The summed E-state index contributed by atoms with van der Waals surface area (Å²) in [6, 6.07) is 0. The standard InChI is InChI=1S/C13H26N2O2/c1-4-17-13(16)7-10-15-8-5-12(6-9-15)11-14(2)3/h12H,4-11H2,1-3H3. The summed E-state index contributed by atoms with van der Waals surface area (Å²) in [7, 11) is 4.26. The van der Waals surface area contributed by atoms with Crippen molar-refractivity contribution in [1.82, 2.24) is 9.80 Å². The van der Waals surface area contributed by atoms with Crippen LogP contribution in [0.5, 0.6) is 0 Å². The molecule has 1 aliphatic rings. The Labute approximate surface area is 105 Å². The highest BCUT2D eigenvalue weighted by Gasteiger charge is 2.19. The van der Waals surface area contributed by atoms with Crippen LogP contribution in [0.4, 0.5) is 0 Å². The van der Waals surface area contributed by atoms with Gasteiger partial charge in [-0.05, 0) is 52.9 Å². The highest BCUT2D eigenvalue weighted by atomic mass is 16.5. The van der Waals surface area contributed by atoms with E-state index in [-0.39, 0.29) is 5.97 Å². The fourth-order valence-electron chi connectivity index (χ4n) is 2.39. The largest absolute Gasteiger partial charge is 0.466 e. The van der Waals surface area contributed by atoms with Gasteiger partial charge in [-0.15, -0.1) is 0 Å². The van der Waals surface area contributed by atoms with Gasteiger partial charge in [0.25, 0.3) is 0 Å². The first-order chi connectivity index (χ1) is 8.11. The molecule has 4 heteroatoms. The number of carbonyl (C=O) groups is 1. The molecule has 0 radical (unpaired) electrons. The molecule has 0 bridgehead atoms. The fraction of sp³-hybridized carbons (Fsp3) is 0.923. The van der Waals surface area contributed by atoms with Gasteiger partial charge in [0.2, 0.25) is 0 Å². The Morgan fingerprint density at radius 2 is 2.00 bits per heavy atom. The maximum Gasteiger partial charge on any atom is 0.307 e. The second-order valence-corrected chi connectivity index (χ2v) is 5.10. The molecule has 0 saturated carbocycles. The third kappa shape index (κ3) is 6.03. The quantitative estimate of drug-likeness (QED) is 0.656. The zero-order valence-electron chi connectivity index (χ0n) is 11.4. The van der Waals surface area contributed by atoms with Gasteiger partial charge in [-0.1, -0.05) is 0 Å². The van der Waals surface area contributed by atoms with Gasteiger partial charge < -0.3 is 14.5 Å². The summed E-state index contributed by atoms with van der Waals surface area (Å²) in [6.07, 6.45) is 3.04. The van der Waals surface area contributed by atoms with Crippen LogP contribution < -0.4 is 0 Å². The van der Waals surface area contributed by atoms with Gasteiger partial charge in [0.1, 0.15) is 0 Å². The van der Waals surface area contributed by atoms with E-state index in [1.807, 2.05) is 6.92 Å². The van der Waals surface area contributed by atoms with Crippen LogP contribution in [0.15, 0.2) is 0 Å². The molecule has 4 nitrogen and oxygen atoms in total. The molecule has 100 valence electrons. The molecule has 1 heterocycles. The van der Waals surface area contributed by atoms with Crippen molar-refractivity contribution in [2.24, 2.45) is 5.92 Å². The van der Waals surface area contributed by atoms with Crippen molar-refractivity contribution in [3.63, 3.8) is 0 Å². The number of piperidine rings is 1. The molecule has 0 aromatic carbocycles. The Bertz CT molecular complexity index is 223. The normalized spacial score (nSPS) is 18.6. The number of esters is 1. The summed E-state index contributed by atoms with van der Waals surface area (Å²) < 4.78 is 4.93. The topological polar surface area (TPSA) is 32.8 Å². The van der Waals surface area contributed by atoms with Crippen LogP contribution in [0, 0.1) is 5.92 Å². The Morgan fingerprint density at radius 3 is 2.53 bits per heavy atom. The van der Waals surface area contributed by atoms with Crippen molar-refractivity contribution < 1.29 is 9.53 Å². The third-order valence-electron chi connectivity index (χ3n) is 3.27. The van der Waals surface area contributed by atoms with Crippen LogP contribution in [0.1, 0.15) is 26.2 Å². The molecule has 1 rings (SSSR count). The van der Waals surface area contributed by atoms with Crippen LogP contribution >= 0.6 is 0 Å². The first kappa shape index (κ1) is 14.5. The van der Waals surface area contributed by atoms with Crippen LogP contribution in [0.2, 0.25) is 0 Å². The molecule has 1 saturated heterocycles. The second kappa shape index (κ2) is 7.67. The molecule has 1 aliphatic heterocycles. The monoisotopic (exact) mass is 242 g/mol. The first-order valence-electron chi connectivity index (χ1n) is 6.64. The average Bonchev–Trinajstić information content (AvgIpc) is 2.28. The van der Waals surface area contributed by atoms with E-state index in [9.17, 15) is 4.79 Å². The minimum Gasteiger partial charge on any atom is -0.466 e. The molecule has 0 atom stereocenters. The molecule has 0 N–H and O–H groups in total. The van der Waals surface area contributed by atoms with E-state index in [1.54, 1.807) is 0 Å². The van der Waals surface area contributed by atoms with Gasteiger partial charge in [-0.2, -0.15) is 0 Å². The van der Waals surface area contributed by atoms with Gasteiger partial charge >= 0.3 is 5.97 Å². The number of carbonyl (C=O) groups excluding carboxylic acids is 1. The Morgan fingerprint density at radius 1 is 1.35 bits per heavy atom. The lowest BCUT2D eigenvalue weighted by atomic mass is 9.96. The maximum atomic E-state index is 11.2. The number of likely N-dealkylation sites (tertiary alicyclic amines) is 1. The van der Waals surface area contributed by atoms with Gasteiger partial charge in [-0.25, -0.2) is 0 Å².